The Bertz CT molecular complexity index is 1390. The number of ether oxygens (including phenoxy) is 2. The number of carbonyl (C=O) groups excluding carboxylic acids is 2. The van der Waals surface area contributed by atoms with Crippen LogP contribution in [0.4, 0.5) is 0 Å². The van der Waals surface area contributed by atoms with Crippen LogP contribution in [0.3, 0.4) is 0 Å². The maximum Gasteiger partial charge on any atom is 0.337 e. The zero-order valence-corrected chi connectivity index (χ0v) is 17.9. The SMILES string of the molecule is O=C(COC1(OO)c2ccccc2C(=O)c2cc(Cl)ccc21)Oc1cccc2ccccc12. The molecule has 6 nitrogen and oxygen atoms in total. The molecule has 0 bridgehead atoms. The molecule has 1 atom stereocenters. The van der Waals surface area contributed by atoms with Gasteiger partial charge in [0.2, 0.25) is 0 Å². The predicted molar refractivity (Wildman–Crippen MR) is 121 cm³/mol. The van der Waals surface area contributed by atoms with Crippen molar-refractivity contribution in [1.29, 1.82) is 0 Å². The largest absolute Gasteiger partial charge is 0.424 e. The summed E-state index contributed by atoms with van der Waals surface area (Å²) in [5, 5.41) is 12.0. The first-order valence-electron chi connectivity index (χ1n) is 10.1. The smallest absolute Gasteiger partial charge is 0.337 e. The second kappa shape index (κ2) is 8.42. The van der Waals surface area contributed by atoms with E-state index >= 15 is 0 Å². The highest BCUT2D eigenvalue weighted by Crippen LogP contribution is 2.43. The summed E-state index contributed by atoms with van der Waals surface area (Å²) in [4.78, 5) is 30.6. The third-order valence-electron chi connectivity index (χ3n) is 5.60. The normalized spacial score (nSPS) is 16.8. The molecule has 5 rings (SSSR count). The van der Waals surface area contributed by atoms with Crippen molar-refractivity contribution in [3.63, 3.8) is 0 Å². The quantitative estimate of drug-likeness (QED) is 0.142. The first kappa shape index (κ1) is 21.3. The number of rotatable bonds is 5. The van der Waals surface area contributed by atoms with Crippen LogP contribution in [0.25, 0.3) is 10.8 Å². The molecule has 33 heavy (non-hydrogen) atoms. The maximum absolute atomic E-state index is 13.0. The van der Waals surface area contributed by atoms with Gasteiger partial charge in [0.15, 0.2) is 5.78 Å². The van der Waals surface area contributed by atoms with Crippen LogP contribution in [0.5, 0.6) is 5.75 Å². The van der Waals surface area contributed by atoms with Crippen molar-refractivity contribution >= 4 is 34.1 Å². The number of benzene rings is 4. The summed E-state index contributed by atoms with van der Waals surface area (Å²) in [7, 11) is 0. The van der Waals surface area contributed by atoms with E-state index < -0.39 is 18.4 Å². The molecule has 1 aliphatic rings. The summed E-state index contributed by atoms with van der Waals surface area (Å²) >= 11 is 6.10. The Balaban J connectivity index is 1.49. The van der Waals surface area contributed by atoms with Gasteiger partial charge in [0.25, 0.3) is 5.79 Å². The molecular weight excluding hydrogens is 444 g/mol. The Morgan fingerprint density at radius 3 is 2.45 bits per heavy atom. The van der Waals surface area contributed by atoms with E-state index in [0.717, 1.165) is 10.8 Å². The third kappa shape index (κ3) is 3.59. The molecule has 1 unspecified atom stereocenters. The van der Waals surface area contributed by atoms with Crippen LogP contribution in [-0.4, -0.2) is 23.6 Å². The van der Waals surface area contributed by atoms with E-state index in [1.165, 1.54) is 12.1 Å². The molecule has 0 fully saturated rings. The van der Waals surface area contributed by atoms with Crippen LogP contribution in [0.2, 0.25) is 5.02 Å². The zero-order chi connectivity index (χ0) is 23.0. The van der Waals surface area contributed by atoms with Gasteiger partial charge in [0.05, 0.1) is 0 Å². The zero-order valence-electron chi connectivity index (χ0n) is 17.2. The highest BCUT2D eigenvalue weighted by Gasteiger charge is 2.47. The van der Waals surface area contributed by atoms with Gasteiger partial charge >= 0.3 is 5.97 Å². The summed E-state index contributed by atoms with van der Waals surface area (Å²) in [6.45, 7) is -0.561. The van der Waals surface area contributed by atoms with Crippen molar-refractivity contribution in [3.8, 4) is 5.75 Å². The van der Waals surface area contributed by atoms with Crippen LogP contribution in [0, 0.1) is 0 Å². The van der Waals surface area contributed by atoms with Crippen LogP contribution in [0.1, 0.15) is 27.0 Å². The standard InChI is InChI=1S/C26H17ClO6/c27-17-12-13-22-20(14-17)25(29)19-9-3-4-10-21(19)26(22,33-30)31-15-24(28)32-23-11-5-7-16-6-1-2-8-18(16)23/h1-14,30H,15H2. The van der Waals surface area contributed by atoms with Gasteiger partial charge in [-0.1, -0.05) is 78.3 Å². The van der Waals surface area contributed by atoms with Gasteiger partial charge in [0, 0.05) is 32.7 Å². The lowest BCUT2D eigenvalue weighted by atomic mass is 9.80. The van der Waals surface area contributed by atoms with E-state index in [1.807, 2.05) is 30.3 Å². The summed E-state index contributed by atoms with van der Waals surface area (Å²) in [5.74, 6) is -2.53. The minimum atomic E-state index is -1.91. The minimum Gasteiger partial charge on any atom is -0.424 e. The molecule has 164 valence electrons. The maximum atomic E-state index is 13.0. The van der Waals surface area contributed by atoms with Crippen LogP contribution in [0.15, 0.2) is 84.9 Å². The molecule has 7 heteroatoms. The molecule has 1 aliphatic carbocycles. The Morgan fingerprint density at radius 2 is 1.61 bits per heavy atom. The lowest BCUT2D eigenvalue weighted by Gasteiger charge is -2.36. The molecule has 4 aromatic carbocycles. The number of hydrogen-bond acceptors (Lipinski definition) is 6. The molecule has 0 amide bonds. The van der Waals surface area contributed by atoms with E-state index in [4.69, 9.17) is 26.0 Å². The highest BCUT2D eigenvalue weighted by atomic mass is 35.5. The van der Waals surface area contributed by atoms with Crippen LogP contribution < -0.4 is 4.74 Å². The number of hydrogen-bond donors (Lipinski definition) is 1. The van der Waals surface area contributed by atoms with Crippen LogP contribution >= 0.6 is 11.6 Å². The number of ketones is 1. The first-order valence-corrected chi connectivity index (χ1v) is 10.5. The number of carbonyl (C=O) groups is 2. The predicted octanol–water partition coefficient (Wildman–Crippen LogP) is 5.35. The Hall–Kier alpha value is -3.55. The molecule has 0 saturated heterocycles. The van der Waals surface area contributed by atoms with Gasteiger partial charge in [-0.25, -0.2) is 10.1 Å². The minimum absolute atomic E-state index is 0.206. The first-order chi connectivity index (χ1) is 16.0. The van der Waals surface area contributed by atoms with Gasteiger partial charge in [-0.3, -0.25) is 4.79 Å². The van der Waals surface area contributed by atoms with E-state index in [9.17, 15) is 14.8 Å². The fraction of sp³-hybridized carbons (Fsp3) is 0.0769. The highest BCUT2D eigenvalue weighted by molar-refractivity contribution is 6.31. The van der Waals surface area contributed by atoms with Crippen LogP contribution in [-0.2, 0) is 20.2 Å². The summed E-state index contributed by atoms with van der Waals surface area (Å²) < 4.78 is 11.4. The topological polar surface area (TPSA) is 82.1 Å². The molecule has 1 N–H and O–H groups in total. The molecule has 0 spiro atoms. The second-order valence-electron chi connectivity index (χ2n) is 7.51. The molecule has 0 saturated carbocycles. The Labute approximate surface area is 193 Å². The monoisotopic (exact) mass is 460 g/mol. The van der Waals surface area contributed by atoms with Gasteiger partial charge in [-0.05, 0) is 23.6 Å². The van der Waals surface area contributed by atoms with Crippen molar-refractivity contribution in [2.75, 3.05) is 6.61 Å². The average Bonchev–Trinajstić information content (AvgIpc) is 2.85. The molecule has 0 aliphatic heterocycles. The molecule has 0 radical (unpaired) electrons. The molecular formula is C26H17ClO6. The Morgan fingerprint density at radius 1 is 0.879 bits per heavy atom. The van der Waals surface area contributed by atoms with Crippen molar-refractivity contribution in [3.05, 3.63) is 112 Å². The van der Waals surface area contributed by atoms with Gasteiger partial charge in [-0.15, -0.1) is 0 Å². The molecule has 4 aromatic rings. The lowest BCUT2D eigenvalue weighted by molar-refractivity contribution is -0.394. The fourth-order valence-corrected chi connectivity index (χ4v) is 4.30. The summed E-state index contributed by atoms with van der Waals surface area (Å²) in [6.07, 6.45) is 0. The van der Waals surface area contributed by atoms with Gasteiger partial charge < -0.3 is 9.47 Å². The third-order valence-corrected chi connectivity index (χ3v) is 5.84. The van der Waals surface area contributed by atoms with Crippen molar-refractivity contribution in [1.82, 2.24) is 0 Å². The fourth-order valence-electron chi connectivity index (χ4n) is 4.13. The summed E-state index contributed by atoms with van der Waals surface area (Å²) in [6, 6.07) is 24.0. The Kier molecular flexibility index (Phi) is 5.44. The number of fused-ring (bicyclic) bond motifs is 3. The van der Waals surface area contributed by atoms with Gasteiger partial charge in [-0.2, -0.15) is 4.89 Å². The number of halogens is 1. The van der Waals surface area contributed by atoms with E-state index in [1.54, 1.807) is 42.5 Å². The van der Waals surface area contributed by atoms with E-state index in [0.29, 0.717) is 10.8 Å². The van der Waals surface area contributed by atoms with Crippen molar-refractivity contribution in [2.45, 2.75) is 5.79 Å². The van der Waals surface area contributed by atoms with Gasteiger partial charge in [0.1, 0.15) is 12.4 Å². The van der Waals surface area contributed by atoms with Crippen molar-refractivity contribution in [2.24, 2.45) is 0 Å². The lowest BCUT2D eigenvalue weighted by Crippen LogP contribution is -2.41. The number of esters is 1. The average molecular weight is 461 g/mol. The second-order valence-corrected chi connectivity index (χ2v) is 7.95. The van der Waals surface area contributed by atoms with E-state index in [2.05, 4.69) is 0 Å². The summed E-state index contributed by atoms with van der Waals surface area (Å²) in [5.41, 5.74) is 0.975. The molecule has 0 aromatic heterocycles. The van der Waals surface area contributed by atoms with Crippen molar-refractivity contribution < 1.29 is 29.2 Å². The molecule has 0 heterocycles. The van der Waals surface area contributed by atoms with E-state index in [-0.39, 0.29) is 28.0 Å².